The molecule has 4 nitrogen and oxygen atoms in total. The summed E-state index contributed by atoms with van der Waals surface area (Å²) in [6.07, 6.45) is 0.800. The summed E-state index contributed by atoms with van der Waals surface area (Å²) in [5.74, 6) is -0.590. The third kappa shape index (κ3) is 3.43. The van der Waals surface area contributed by atoms with Gasteiger partial charge in [-0.25, -0.2) is 4.39 Å². The molecule has 1 aromatic rings. The summed E-state index contributed by atoms with van der Waals surface area (Å²) >= 11 is 3.19. The van der Waals surface area contributed by atoms with Crippen LogP contribution in [0, 0.1) is 11.7 Å². The Labute approximate surface area is 131 Å². The molecule has 1 aliphatic heterocycles. The number of piperazine rings is 1. The zero-order valence-corrected chi connectivity index (χ0v) is 13.6. The highest BCUT2D eigenvalue weighted by Gasteiger charge is 2.35. The molecule has 2 unspecified atom stereocenters. The van der Waals surface area contributed by atoms with E-state index >= 15 is 0 Å². The Bertz CT molecular complexity index is 565. The first-order chi connectivity index (χ1) is 9.93. The smallest absolute Gasteiger partial charge is 0.246 e. The van der Waals surface area contributed by atoms with Gasteiger partial charge in [0, 0.05) is 6.54 Å². The monoisotopic (exact) mass is 356 g/mol. The van der Waals surface area contributed by atoms with E-state index in [1.807, 2.05) is 13.8 Å². The van der Waals surface area contributed by atoms with Crippen molar-refractivity contribution in [3.05, 3.63) is 34.1 Å². The van der Waals surface area contributed by atoms with Gasteiger partial charge in [0.25, 0.3) is 0 Å². The van der Waals surface area contributed by atoms with Crippen LogP contribution in [0.3, 0.4) is 0 Å². The van der Waals surface area contributed by atoms with Crippen molar-refractivity contribution in [3.63, 3.8) is 0 Å². The Morgan fingerprint density at radius 2 is 2.19 bits per heavy atom. The minimum absolute atomic E-state index is 0.00865. The Hall–Kier alpha value is -1.43. The van der Waals surface area contributed by atoms with Gasteiger partial charge in [-0.15, -0.1) is 0 Å². The van der Waals surface area contributed by atoms with E-state index in [1.54, 1.807) is 12.1 Å². The molecule has 0 aliphatic carbocycles. The van der Waals surface area contributed by atoms with E-state index in [4.69, 9.17) is 0 Å². The van der Waals surface area contributed by atoms with Crippen LogP contribution in [-0.2, 0) is 16.1 Å². The van der Waals surface area contributed by atoms with Crippen LogP contribution in [0.2, 0.25) is 0 Å². The van der Waals surface area contributed by atoms with Gasteiger partial charge < -0.3 is 10.2 Å². The molecule has 6 heteroatoms. The van der Waals surface area contributed by atoms with Crippen LogP contribution in [-0.4, -0.2) is 29.3 Å². The highest BCUT2D eigenvalue weighted by atomic mass is 79.9. The van der Waals surface area contributed by atoms with Gasteiger partial charge in [-0.3, -0.25) is 9.59 Å². The molecule has 0 bridgehead atoms. The zero-order valence-electron chi connectivity index (χ0n) is 12.0. The minimum atomic E-state index is -0.497. The van der Waals surface area contributed by atoms with Crippen molar-refractivity contribution in [2.45, 2.75) is 32.9 Å². The molecule has 1 saturated heterocycles. The average Bonchev–Trinajstić information content (AvgIpc) is 2.46. The van der Waals surface area contributed by atoms with E-state index in [1.165, 1.54) is 11.0 Å². The van der Waals surface area contributed by atoms with Crippen LogP contribution >= 0.6 is 15.9 Å². The number of nitrogens with zero attached hydrogens (tertiary/aromatic N) is 1. The Balaban J connectivity index is 2.20. The molecule has 0 spiro atoms. The van der Waals surface area contributed by atoms with Gasteiger partial charge in [-0.1, -0.05) is 32.4 Å². The van der Waals surface area contributed by atoms with E-state index in [-0.39, 0.29) is 36.6 Å². The Morgan fingerprint density at radius 3 is 2.86 bits per heavy atom. The lowest BCUT2D eigenvalue weighted by Gasteiger charge is -2.35. The van der Waals surface area contributed by atoms with E-state index in [2.05, 4.69) is 21.2 Å². The number of benzene rings is 1. The second kappa shape index (κ2) is 6.56. The van der Waals surface area contributed by atoms with Gasteiger partial charge in [0.05, 0.1) is 11.0 Å². The van der Waals surface area contributed by atoms with E-state index in [9.17, 15) is 14.0 Å². The summed E-state index contributed by atoms with van der Waals surface area (Å²) in [5.41, 5.74) is 0.654. The summed E-state index contributed by atoms with van der Waals surface area (Å²) in [7, 11) is 0. The van der Waals surface area contributed by atoms with Crippen LogP contribution < -0.4 is 5.32 Å². The number of nitrogens with one attached hydrogen (secondary N) is 1. The maximum Gasteiger partial charge on any atom is 0.246 e. The molecule has 2 atom stereocenters. The van der Waals surface area contributed by atoms with E-state index in [0.29, 0.717) is 10.0 Å². The number of rotatable bonds is 4. The molecule has 1 N–H and O–H groups in total. The first-order valence-electron chi connectivity index (χ1n) is 6.95. The Morgan fingerprint density at radius 1 is 1.48 bits per heavy atom. The van der Waals surface area contributed by atoms with Crippen molar-refractivity contribution < 1.29 is 14.0 Å². The number of carbonyl (C=O) groups is 2. The summed E-state index contributed by atoms with van der Waals surface area (Å²) in [5, 5.41) is 2.74. The van der Waals surface area contributed by atoms with E-state index in [0.717, 1.165) is 6.42 Å². The van der Waals surface area contributed by atoms with Crippen LogP contribution in [0.25, 0.3) is 0 Å². The van der Waals surface area contributed by atoms with E-state index < -0.39 is 6.04 Å². The molecule has 1 aromatic carbocycles. The zero-order chi connectivity index (χ0) is 15.6. The van der Waals surface area contributed by atoms with Crippen LogP contribution in [0.4, 0.5) is 4.39 Å². The molecule has 2 amide bonds. The van der Waals surface area contributed by atoms with Gasteiger partial charge in [0.2, 0.25) is 11.8 Å². The number of hydrogen-bond acceptors (Lipinski definition) is 2. The first kappa shape index (κ1) is 15.9. The minimum Gasteiger partial charge on any atom is -0.342 e. The second-order valence-electron chi connectivity index (χ2n) is 5.34. The first-order valence-corrected chi connectivity index (χ1v) is 7.74. The fourth-order valence-corrected chi connectivity index (χ4v) is 2.75. The molecular formula is C15H18BrFN2O2. The molecule has 0 saturated carbocycles. The molecule has 21 heavy (non-hydrogen) atoms. The molecule has 0 aromatic heterocycles. The van der Waals surface area contributed by atoms with Crippen molar-refractivity contribution in [1.29, 1.82) is 0 Å². The van der Waals surface area contributed by atoms with Gasteiger partial charge in [-0.2, -0.15) is 0 Å². The van der Waals surface area contributed by atoms with Crippen molar-refractivity contribution in [2.75, 3.05) is 6.54 Å². The van der Waals surface area contributed by atoms with Crippen molar-refractivity contribution in [2.24, 2.45) is 5.92 Å². The fraction of sp³-hybridized carbons (Fsp3) is 0.467. The topological polar surface area (TPSA) is 49.4 Å². The molecule has 0 radical (unpaired) electrons. The second-order valence-corrected chi connectivity index (χ2v) is 6.13. The standard InChI is InChI=1S/C15H18BrFN2O2/c1-3-9(2)14-15(21)19(8-12(20)18-14)7-10-5-4-6-11(17)13(10)16/h4-6,9,14H,3,7-8H2,1-2H3,(H,18,20). The predicted octanol–water partition coefficient (Wildman–Crippen LogP) is 2.46. The molecule has 1 aliphatic rings. The van der Waals surface area contributed by atoms with Crippen molar-refractivity contribution >= 4 is 27.7 Å². The van der Waals surface area contributed by atoms with Crippen molar-refractivity contribution in [3.8, 4) is 0 Å². The van der Waals surface area contributed by atoms with Crippen LogP contribution in [0.15, 0.2) is 22.7 Å². The third-order valence-corrected chi connectivity index (χ3v) is 4.72. The lowest BCUT2D eigenvalue weighted by Crippen LogP contribution is -2.59. The lowest BCUT2D eigenvalue weighted by molar-refractivity contribution is -0.146. The highest BCUT2D eigenvalue weighted by molar-refractivity contribution is 9.10. The van der Waals surface area contributed by atoms with Crippen LogP contribution in [0.5, 0.6) is 0 Å². The van der Waals surface area contributed by atoms with Gasteiger partial charge in [0.15, 0.2) is 0 Å². The van der Waals surface area contributed by atoms with Crippen molar-refractivity contribution in [1.82, 2.24) is 10.2 Å². The average molecular weight is 357 g/mol. The lowest BCUT2D eigenvalue weighted by atomic mass is 9.96. The number of halogens is 2. The molecule has 1 heterocycles. The number of hydrogen-bond donors (Lipinski definition) is 1. The number of carbonyl (C=O) groups excluding carboxylic acids is 2. The SMILES string of the molecule is CCC(C)C1NC(=O)CN(Cc2cccc(F)c2Br)C1=O. The summed E-state index contributed by atoms with van der Waals surface area (Å²) in [4.78, 5) is 25.8. The fourth-order valence-electron chi connectivity index (χ4n) is 2.36. The summed E-state index contributed by atoms with van der Waals surface area (Å²) in [6, 6.07) is 4.19. The molecule has 114 valence electrons. The summed E-state index contributed by atoms with van der Waals surface area (Å²) in [6.45, 7) is 4.14. The maximum atomic E-state index is 13.5. The third-order valence-electron chi connectivity index (χ3n) is 3.83. The van der Waals surface area contributed by atoms with Crippen LogP contribution in [0.1, 0.15) is 25.8 Å². The van der Waals surface area contributed by atoms with Gasteiger partial charge in [0.1, 0.15) is 11.9 Å². The van der Waals surface area contributed by atoms with Gasteiger partial charge in [-0.05, 0) is 33.5 Å². The normalized spacial score (nSPS) is 20.4. The predicted molar refractivity (Wildman–Crippen MR) is 80.9 cm³/mol. The largest absolute Gasteiger partial charge is 0.342 e. The highest BCUT2D eigenvalue weighted by Crippen LogP contribution is 2.23. The maximum absolute atomic E-state index is 13.5. The molecule has 1 fully saturated rings. The quantitative estimate of drug-likeness (QED) is 0.900. The van der Waals surface area contributed by atoms with Gasteiger partial charge >= 0.3 is 0 Å². The summed E-state index contributed by atoms with van der Waals surface area (Å²) < 4.78 is 13.9. The Kier molecular flexibility index (Phi) is 4.98. The molecule has 2 rings (SSSR count). The molecular weight excluding hydrogens is 339 g/mol. The number of amides is 2.